The Kier molecular flexibility index (Phi) is 5.60. The van der Waals surface area contributed by atoms with Crippen molar-refractivity contribution < 1.29 is 19.0 Å². The average Bonchev–Trinajstić information content (AvgIpc) is 3.10. The number of hydrogen-bond acceptors (Lipinski definition) is 8. The van der Waals surface area contributed by atoms with Crippen LogP contribution >= 0.6 is 11.7 Å². The van der Waals surface area contributed by atoms with Gasteiger partial charge in [0.1, 0.15) is 6.61 Å². The summed E-state index contributed by atoms with van der Waals surface area (Å²) in [5.41, 5.74) is 1.48. The predicted molar refractivity (Wildman–Crippen MR) is 89.7 cm³/mol. The summed E-state index contributed by atoms with van der Waals surface area (Å²) in [5.74, 6) is 0.992. The Morgan fingerprint density at radius 3 is 2.71 bits per heavy atom. The molecular weight excluding hydrogens is 330 g/mol. The average molecular weight is 349 g/mol. The zero-order valence-electron chi connectivity index (χ0n) is 13.4. The van der Waals surface area contributed by atoms with Gasteiger partial charge in [-0.15, -0.1) is 4.37 Å². The molecule has 0 amide bonds. The molecule has 3 rings (SSSR count). The van der Waals surface area contributed by atoms with E-state index in [1.165, 1.54) is 0 Å². The minimum absolute atomic E-state index is 0.316. The largest absolute Gasteiger partial charge is 0.470 e. The molecule has 7 nitrogen and oxygen atoms in total. The van der Waals surface area contributed by atoms with Crippen LogP contribution in [0.4, 0.5) is 5.82 Å². The fourth-order valence-electron chi connectivity index (χ4n) is 2.34. The second-order valence-electron chi connectivity index (χ2n) is 5.20. The topological polar surface area (TPSA) is 73.8 Å². The zero-order chi connectivity index (χ0) is 16.8. The summed E-state index contributed by atoms with van der Waals surface area (Å²) in [6, 6.07) is 7.17. The molecule has 0 saturated carbocycles. The van der Waals surface area contributed by atoms with Gasteiger partial charge in [0.05, 0.1) is 37.1 Å². The molecule has 128 valence electrons. The molecule has 2 aromatic rings. The number of carbonyl (C=O) groups is 1. The van der Waals surface area contributed by atoms with Crippen molar-refractivity contribution in [1.82, 2.24) is 8.75 Å². The standard InChI is InChI=1S/C16H19N3O4S/c1-2-22-16(20)13-5-3-12(4-6-13)11-23-15-14(17-24-18-15)19-7-9-21-10-8-19/h3-6H,2,7-11H2,1H3. The van der Waals surface area contributed by atoms with Crippen molar-refractivity contribution in [2.75, 3.05) is 37.8 Å². The zero-order valence-corrected chi connectivity index (χ0v) is 14.3. The van der Waals surface area contributed by atoms with Crippen LogP contribution in [0.5, 0.6) is 5.88 Å². The van der Waals surface area contributed by atoms with Crippen LogP contribution in [0.25, 0.3) is 0 Å². The minimum atomic E-state index is -0.316. The lowest BCUT2D eigenvalue weighted by Gasteiger charge is -2.26. The van der Waals surface area contributed by atoms with Crippen molar-refractivity contribution in [2.24, 2.45) is 0 Å². The summed E-state index contributed by atoms with van der Waals surface area (Å²) < 4.78 is 24.7. The van der Waals surface area contributed by atoms with Crippen LogP contribution in [0.3, 0.4) is 0 Å². The summed E-state index contributed by atoms with van der Waals surface area (Å²) in [7, 11) is 0. The van der Waals surface area contributed by atoms with Crippen LogP contribution in [0, 0.1) is 0 Å². The van der Waals surface area contributed by atoms with Crippen molar-refractivity contribution in [3.05, 3.63) is 35.4 Å². The van der Waals surface area contributed by atoms with E-state index in [-0.39, 0.29) is 5.97 Å². The van der Waals surface area contributed by atoms with Crippen LogP contribution in [0.15, 0.2) is 24.3 Å². The highest BCUT2D eigenvalue weighted by Crippen LogP contribution is 2.27. The number of anilines is 1. The van der Waals surface area contributed by atoms with E-state index in [2.05, 4.69) is 13.6 Å². The third-order valence-corrected chi connectivity index (χ3v) is 4.10. The van der Waals surface area contributed by atoms with Gasteiger partial charge in [-0.2, -0.15) is 4.37 Å². The van der Waals surface area contributed by atoms with Gasteiger partial charge in [-0.05, 0) is 24.6 Å². The molecule has 1 fully saturated rings. The van der Waals surface area contributed by atoms with E-state index >= 15 is 0 Å². The monoisotopic (exact) mass is 349 g/mol. The molecule has 8 heteroatoms. The van der Waals surface area contributed by atoms with E-state index in [4.69, 9.17) is 14.2 Å². The number of carbonyl (C=O) groups excluding carboxylic acids is 1. The highest BCUT2D eigenvalue weighted by atomic mass is 32.1. The van der Waals surface area contributed by atoms with Crippen molar-refractivity contribution in [3.63, 3.8) is 0 Å². The first-order valence-corrected chi connectivity index (χ1v) is 8.55. The molecule has 0 atom stereocenters. The fourth-order valence-corrected chi connectivity index (χ4v) is 2.86. The number of ether oxygens (including phenoxy) is 3. The van der Waals surface area contributed by atoms with Gasteiger partial charge in [0, 0.05) is 13.1 Å². The minimum Gasteiger partial charge on any atom is -0.470 e. The van der Waals surface area contributed by atoms with Crippen LogP contribution in [0.2, 0.25) is 0 Å². The first-order valence-electron chi connectivity index (χ1n) is 7.82. The smallest absolute Gasteiger partial charge is 0.338 e. The highest BCUT2D eigenvalue weighted by Gasteiger charge is 2.19. The Bertz CT molecular complexity index is 668. The Hall–Kier alpha value is -2.19. The molecule has 0 N–H and O–H groups in total. The van der Waals surface area contributed by atoms with Crippen molar-refractivity contribution in [1.29, 1.82) is 0 Å². The van der Waals surface area contributed by atoms with Crippen LogP contribution in [-0.2, 0) is 16.1 Å². The summed E-state index contributed by atoms with van der Waals surface area (Å²) in [6.07, 6.45) is 0. The van der Waals surface area contributed by atoms with E-state index in [0.29, 0.717) is 37.9 Å². The Morgan fingerprint density at radius 2 is 2.00 bits per heavy atom. The maximum Gasteiger partial charge on any atom is 0.338 e. The van der Waals surface area contributed by atoms with Crippen LogP contribution in [-0.4, -0.2) is 47.6 Å². The molecule has 0 bridgehead atoms. The molecule has 1 aromatic heterocycles. The molecule has 0 unspecified atom stereocenters. The lowest BCUT2D eigenvalue weighted by Crippen LogP contribution is -2.36. The second kappa shape index (κ2) is 8.07. The summed E-state index contributed by atoms with van der Waals surface area (Å²) in [6.45, 7) is 5.47. The molecule has 2 heterocycles. The summed E-state index contributed by atoms with van der Waals surface area (Å²) in [5, 5.41) is 0. The number of hydrogen-bond donors (Lipinski definition) is 0. The van der Waals surface area contributed by atoms with Gasteiger partial charge in [0.2, 0.25) is 5.82 Å². The normalized spacial score (nSPS) is 14.5. The fraction of sp³-hybridized carbons (Fsp3) is 0.438. The number of nitrogens with zero attached hydrogens (tertiary/aromatic N) is 3. The van der Waals surface area contributed by atoms with Crippen LogP contribution < -0.4 is 9.64 Å². The number of rotatable bonds is 6. The van der Waals surface area contributed by atoms with Gasteiger partial charge in [0.25, 0.3) is 5.88 Å². The highest BCUT2D eigenvalue weighted by molar-refractivity contribution is 6.99. The maximum atomic E-state index is 11.6. The van der Waals surface area contributed by atoms with E-state index in [0.717, 1.165) is 36.2 Å². The molecule has 1 aliphatic heterocycles. The number of aromatic nitrogens is 2. The van der Waals surface area contributed by atoms with Gasteiger partial charge in [0.15, 0.2) is 0 Å². The second-order valence-corrected chi connectivity index (χ2v) is 5.73. The van der Waals surface area contributed by atoms with Crippen molar-refractivity contribution >= 4 is 23.5 Å². The quantitative estimate of drug-likeness (QED) is 0.740. The Balaban J connectivity index is 1.60. The molecular formula is C16H19N3O4S. The van der Waals surface area contributed by atoms with E-state index in [9.17, 15) is 4.79 Å². The SMILES string of the molecule is CCOC(=O)c1ccc(COc2nsnc2N2CCOCC2)cc1. The molecule has 1 aliphatic rings. The lowest BCUT2D eigenvalue weighted by atomic mass is 10.1. The third kappa shape index (κ3) is 4.01. The van der Waals surface area contributed by atoms with Gasteiger partial charge in [-0.1, -0.05) is 12.1 Å². The van der Waals surface area contributed by atoms with E-state index < -0.39 is 0 Å². The van der Waals surface area contributed by atoms with Gasteiger partial charge in [-0.3, -0.25) is 0 Å². The number of benzene rings is 1. The summed E-state index contributed by atoms with van der Waals surface area (Å²) in [4.78, 5) is 13.8. The Labute approximate surface area is 144 Å². The first-order chi connectivity index (χ1) is 11.8. The van der Waals surface area contributed by atoms with Gasteiger partial charge >= 0.3 is 5.97 Å². The Morgan fingerprint density at radius 1 is 1.25 bits per heavy atom. The molecule has 1 aromatic carbocycles. The van der Waals surface area contributed by atoms with Crippen LogP contribution in [0.1, 0.15) is 22.8 Å². The molecule has 0 radical (unpaired) electrons. The predicted octanol–water partition coefficient (Wildman–Crippen LogP) is 2.13. The van der Waals surface area contributed by atoms with Crippen molar-refractivity contribution in [3.8, 4) is 5.88 Å². The molecule has 0 aliphatic carbocycles. The number of esters is 1. The third-order valence-electron chi connectivity index (χ3n) is 3.59. The van der Waals surface area contributed by atoms with Crippen molar-refractivity contribution in [2.45, 2.75) is 13.5 Å². The number of morpholine rings is 1. The van der Waals surface area contributed by atoms with Gasteiger partial charge in [-0.25, -0.2) is 4.79 Å². The summed E-state index contributed by atoms with van der Waals surface area (Å²) >= 11 is 1.14. The van der Waals surface area contributed by atoms with E-state index in [1.54, 1.807) is 19.1 Å². The molecule has 0 spiro atoms. The molecule has 24 heavy (non-hydrogen) atoms. The van der Waals surface area contributed by atoms with Gasteiger partial charge < -0.3 is 19.1 Å². The first kappa shape index (κ1) is 16.7. The lowest BCUT2D eigenvalue weighted by molar-refractivity contribution is 0.0526. The maximum absolute atomic E-state index is 11.6. The molecule has 1 saturated heterocycles. The van der Waals surface area contributed by atoms with E-state index in [1.807, 2.05) is 12.1 Å².